The molecule has 1 aromatic rings. The van der Waals surface area contributed by atoms with E-state index in [1.165, 1.54) is 0 Å². The smallest absolute Gasteiger partial charge is 0.251 e. The Balaban J connectivity index is 2.11. The number of aryl methyl sites for hydroxylation is 1. The molecule has 0 bridgehead atoms. The fourth-order valence-corrected chi connectivity index (χ4v) is 2.35. The Labute approximate surface area is 119 Å². The fourth-order valence-electron chi connectivity index (χ4n) is 2.35. The highest BCUT2D eigenvalue weighted by atomic mass is 16.2. The molecule has 2 rings (SSSR count). The van der Waals surface area contributed by atoms with Crippen LogP contribution in [0.3, 0.4) is 0 Å². The minimum absolute atomic E-state index is 0.00630. The molecule has 5 nitrogen and oxygen atoms in total. The van der Waals surface area contributed by atoms with Gasteiger partial charge in [0.05, 0.1) is 5.92 Å². The standard InChI is InChI=1S/C15H21N3O2/c1-10-5-6-11(14(19)16-2)8-13(10)18-15(20)12-4-3-7-17-9-12/h5-6,8,12,17H,3-4,7,9H2,1-2H3,(H,16,19)(H,18,20)/t12-/m0/s1. The highest BCUT2D eigenvalue weighted by Gasteiger charge is 2.21. The van der Waals surface area contributed by atoms with Gasteiger partial charge in [-0.25, -0.2) is 0 Å². The summed E-state index contributed by atoms with van der Waals surface area (Å²) in [4.78, 5) is 23.8. The molecular weight excluding hydrogens is 254 g/mol. The van der Waals surface area contributed by atoms with Crippen molar-refractivity contribution in [3.63, 3.8) is 0 Å². The number of benzene rings is 1. The van der Waals surface area contributed by atoms with E-state index in [2.05, 4.69) is 16.0 Å². The van der Waals surface area contributed by atoms with Gasteiger partial charge in [0.1, 0.15) is 0 Å². The number of rotatable bonds is 3. The second-order valence-corrected chi connectivity index (χ2v) is 5.14. The van der Waals surface area contributed by atoms with Crippen molar-refractivity contribution < 1.29 is 9.59 Å². The average molecular weight is 275 g/mol. The van der Waals surface area contributed by atoms with Crippen LogP contribution in [0.4, 0.5) is 5.69 Å². The topological polar surface area (TPSA) is 70.2 Å². The Morgan fingerprint density at radius 3 is 2.80 bits per heavy atom. The van der Waals surface area contributed by atoms with Crippen molar-refractivity contribution in [2.45, 2.75) is 19.8 Å². The van der Waals surface area contributed by atoms with E-state index in [0.29, 0.717) is 11.3 Å². The molecule has 1 fully saturated rings. The monoisotopic (exact) mass is 275 g/mol. The zero-order valence-electron chi connectivity index (χ0n) is 12.0. The Kier molecular flexibility index (Phi) is 4.74. The summed E-state index contributed by atoms with van der Waals surface area (Å²) in [5, 5.41) is 8.75. The molecule has 2 amide bonds. The van der Waals surface area contributed by atoms with Crippen LogP contribution in [0.1, 0.15) is 28.8 Å². The van der Waals surface area contributed by atoms with Crippen molar-refractivity contribution in [2.24, 2.45) is 5.92 Å². The van der Waals surface area contributed by atoms with Crippen LogP contribution >= 0.6 is 0 Å². The molecule has 1 heterocycles. The SMILES string of the molecule is CNC(=O)c1ccc(C)c(NC(=O)[C@H]2CCCNC2)c1. The fraction of sp³-hybridized carbons (Fsp3) is 0.467. The lowest BCUT2D eigenvalue weighted by Gasteiger charge is -2.22. The first-order valence-electron chi connectivity index (χ1n) is 6.96. The van der Waals surface area contributed by atoms with Gasteiger partial charge in [-0.3, -0.25) is 9.59 Å². The second-order valence-electron chi connectivity index (χ2n) is 5.14. The summed E-state index contributed by atoms with van der Waals surface area (Å²) < 4.78 is 0. The molecule has 108 valence electrons. The quantitative estimate of drug-likeness (QED) is 0.778. The van der Waals surface area contributed by atoms with Gasteiger partial charge >= 0.3 is 0 Å². The lowest BCUT2D eigenvalue weighted by atomic mass is 9.98. The number of carbonyl (C=O) groups excluding carboxylic acids is 2. The maximum atomic E-state index is 12.2. The third kappa shape index (κ3) is 3.36. The van der Waals surface area contributed by atoms with Crippen molar-refractivity contribution in [1.82, 2.24) is 10.6 Å². The lowest BCUT2D eigenvalue weighted by molar-refractivity contribution is -0.120. The van der Waals surface area contributed by atoms with Gasteiger partial charge in [-0.1, -0.05) is 6.07 Å². The van der Waals surface area contributed by atoms with Gasteiger partial charge < -0.3 is 16.0 Å². The Morgan fingerprint density at radius 1 is 1.35 bits per heavy atom. The minimum Gasteiger partial charge on any atom is -0.355 e. The molecule has 3 N–H and O–H groups in total. The minimum atomic E-state index is -0.153. The van der Waals surface area contributed by atoms with Crippen LogP contribution in [0, 0.1) is 12.8 Å². The normalized spacial score (nSPS) is 18.4. The van der Waals surface area contributed by atoms with E-state index in [1.54, 1.807) is 19.2 Å². The molecule has 1 aliphatic rings. The van der Waals surface area contributed by atoms with E-state index in [-0.39, 0.29) is 17.7 Å². The highest BCUT2D eigenvalue weighted by molar-refractivity contribution is 5.98. The summed E-state index contributed by atoms with van der Waals surface area (Å²) in [7, 11) is 1.59. The second kappa shape index (κ2) is 6.52. The van der Waals surface area contributed by atoms with Crippen molar-refractivity contribution >= 4 is 17.5 Å². The number of piperidine rings is 1. The molecule has 0 unspecified atom stereocenters. The van der Waals surface area contributed by atoms with Gasteiger partial charge in [-0.2, -0.15) is 0 Å². The van der Waals surface area contributed by atoms with E-state index < -0.39 is 0 Å². The van der Waals surface area contributed by atoms with Gasteiger partial charge in [0.25, 0.3) is 5.91 Å². The largest absolute Gasteiger partial charge is 0.355 e. The van der Waals surface area contributed by atoms with Gasteiger partial charge in [0, 0.05) is 24.8 Å². The van der Waals surface area contributed by atoms with E-state index in [9.17, 15) is 9.59 Å². The van der Waals surface area contributed by atoms with E-state index in [4.69, 9.17) is 0 Å². The molecule has 20 heavy (non-hydrogen) atoms. The van der Waals surface area contributed by atoms with Crippen molar-refractivity contribution in [2.75, 3.05) is 25.5 Å². The summed E-state index contributed by atoms with van der Waals surface area (Å²) in [6.45, 7) is 3.62. The van der Waals surface area contributed by atoms with Crippen LogP contribution in [0.2, 0.25) is 0 Å². The summed E-state index contributed by atoms with van der Waals surface area (Å²) in [5.41, 5.74) is 2.21. The Morgan fingerprint density at radius 2 is 2.15 bits per heavy atom. The molecular formula is C15H21N3O2. The van der Waals surface area contributed by atoms with Crippen LogP contribution in [-0.2, 0) is 4.79 Å². The van der Waals surface area contributed by atoms with E-state index in [0.717, 1.165) is 31.5 Å². The third-order valence-electron chi connectivity index (χ3n) is 3.65. The molecule has 0 aliphatic carbocycles. The average Bonchev–Trinajstić information content (AvgIpc) is 2.49. The number of anilines is 1. The molecule has 0 aromatic heterocycles. The molecule has 1 aromatic carbocycles. The molecule has 5 heteroatoms. The van der Waals surface area contributed by atoms with Crippen LogP contribution in [0.25, 0.3) is 0 Å². The van der Waals surface area contributed by atoms with Gasteiger partial charge in [0.15, 0.2) is 0 Å². The van der Waals surface area contributed by atoms with Gasteiger partial charge in [-0.15, -0.1) is 0 Å². The van der Waals surface area contributed by atoms with E-state index in [1.807, 2.05) is 13.0 Å². The van der Waals surface area contributed by atoms with Crippen LogP contribution in [-0.4, -0.2) is 32.0 Å². The maximum absolute atomic E-state index is 12.2. The summed E-state index contributed by atoms with van der Waals surface area (Å²) in [6.07, 6.45) is 1.93. The first kappa shape index (κ1) is 14.5. The zero-order valence-corrected chi connectivity index (χ0v) is 12.0. The van der Waals surface area contributed by atoms with Crippen LogP contribution in [0.5, 0.6) is 0 Å². The maximum Gasteiger partial charge on any atom is 0.251 e. The molecule has 0 saturated carbocycles. The Bertz CT molecular complexity index is 508. The van der Waals surface area contributed by atoms with Gasteiger partial charge in [-0.05, 0) is 44.0 Å². The van der Waals surface area contributed by atoms with Crippen LogP contribution in [0.15, 0.2) is 18.2 Å². The molecule has 1 saturated heterocycles. The predicted molar refractivity (Wildman–Crippen MR) is 78.8 cm³/mol. The summed E-state index contributed by atoms with van der Waals surface area (Å²) in [5.74, 6) is -0.124. The third-order valence-corrected chi connectivity index (χ3v) is 3.65. The molecule has 0 radical (unpaired) electrons. The Hall–Kier alpha value is -1.88. The number of hydrogen-bond acceptors (Lipinski definition) is 3. The zero-order chi connectivity index (χ0) is 14.5. The summed E-state index contributed by atoms with van der Waals surface area (Å²) >= 11 is 0. The highest BCUT2D eigenvalue weighted by Crippen LogP contribution is 2.19. The summed E-state index contributed by atoms with van der Waals surface area (Å²) in [6, 6.07) is 5.33. The molecule has 1 atom stereocenters. The number of amides is 2. The number of hydrogen-bond donors (Lipinski definition) is 3. The predicted octanol–water partition coefficient (Wildman–Crippen LogP) is 1.29. The van der Waals surface area contributed by atoms with Crippen LogP contribution < -0.4 is 16.0 Å². The van der Waals surface area contributed by atoms with Crippen molar-refractivity contribution in [3.05, 3.63) is 29.3 Å². The van der Waals surface area contributed by atoms with E-state index >= 15 is 0 Å². The van der Waals surface area contributed by atoms with Crippen molar-refractivity contribution in [3.8, 4) is 0 Å². The number of carbonyl (C=O) groups is 2. The van der Waals surface area contributed by atoms with Crippen molar-refractivity contribution in [1.29, 1.82) is 0 Å². The molecule has 1 aliphatic heterocycles. The molecule has 0 spiro atoms. The first-order valence-corrected chi connectivity index (χ1v) is 6.96. The first-order chi connectivity index (χ1) is 9.61. The van der Waals surface area contributed by atoms with Gasteiger partial charge in [0.2, 0.25) is 5.91 Å². The number of nitrogens with one attached hydrogen (secondary N) is 3. The lowest BCUT2D eigenvalue weighted by Crippen LogP contribution is -2.37.